The number of carbonyl (C=O) groups is 2. The molecule has 0 fully saturated rings. The molecular weight excluding hydrogens is 182 g/mol. The van der Waals surface area contributed by atoms with Crippen molar-refractivity contribution >= 4 is 11.9 Å². The van der Waals surface area contributed by atoms with Crippen LogP contribution in [0.4, 0.5) is 0 Å². The van der Waals surface area contributed by atoms with E-state index in [1.807, 2.05) is 0 Å². The van der Waals surface area contributed by atoms with Crippen molar-refractivity contribution in [2.45, 2.75) is 39.5 Å². The Balaban J connectivity index is 3.39. The lowest BCUT2D eigenvalue weighted by molar-refractivity contribution is -0.154. The van der Waals surface area contributed by atoms with Crippen molar-refractivity contribution in [1.82, 2.24) is 5.32 Å². The van der Waals surface area contributed by atoms with E-state index in [4.69, 9.17) is 0 Å². The highest BCUT2D eigenvalue weighted by Crippen LogP contribution is 1.96. The molecular formula is C10H19NO3. The molecule has 0 aromatic rings. The number of carbonyl (C=O) groups excluding carboxylic acids is 2. The van der Waals surface area contributed by atoms with E-state index in [9.17, 15) is 9.59 Å². The van der Waals surface area contributed by atoms with Crippen LogP contribution in [0.25, 0.3) is 0 Å². The molecule has 1 N–H and O–H groups in total. The summed E-state index contributed by atoms with van der Waals surface area (Å²) in [6, 6.07) is 0. The molecule has 0 bridgehead atoms. The Morgan fingerprint density at radius 2 is 1.86 bits per heavy atom. The number of nitrogens with one attached hydrogen (secondary N) is 1. The number of hydrogen-bond acceptors (Lipinski definition) is 3. The van der Waals surface area contributed by atoms with Crippen LogP contribution in [0, 0.1) is 0 Å². The molecule has 1 amide bonds. The Morgan fingerprint density at radius 3 is 2.43 bits per heavy atom. The van der Waals surface area contributed by atoms with E-state index < -0.39 is 11.9 Å². The molecule has 0 saturated heterocycles. The molecule has 0 heterocycles. The molecule has 0 unspecified atom stereocenters. The molecule has 0 atom stereocenters. The molecule has 4 nitrogen and oxygen atoms in total. The molecule has 14 heavy (non-hydrogen) atoms. The van der Waals surface area contributed by atoms with Gasteiger partial charge in [-0.3, -0.25) is 4.79 Å². The van der Waals surface area contributed by atoms with Crippen molar-refractivity contribution in [3.05, 3.63) is 0 Å². The van der Waals surface area contributed by atoms with Gasteiger partial charge in [-0.25, -0.2) is 4.79 Å². The van der Waals surface area contributed by atoms with Crippen LogP contribution in [0.2, 0.25) is 0 Å². The van der Waals surface area contributed by atoms with Crippen molar-refractivity contribution in [2.24, 2.45) is 0 Å². The molecule has 0 radical (unpaired) electrons. The largest absolute Gasteiger partial charge is 0.459 e. The monoisotopic (exact) mass is 201 g/mol. The Hall–Kier alpha value is -1.06. The summed E-state index contributed by atoms with van der Waals surface area (Å²) >= 11 is 0. The Kier molecular flexibility index (Phi) is 7.89. The third kappa shape index (κ3) is 6.46. The second kappa shape index (κ2) is 8.53. The molecule has 0 spiro atoms. The topological polar surface area (TPSA) is 55.4 Å². The van der Waals surface area contributed by atoms with Gasteiger partial charge in [0.1, 0.15) is 0 Å². The quantitative estimate of drug-likeness (QED) is 0.399. The van der Waals surface area contributed by atoms with Crippen molar-refractivity contribution < 1.29 is 14.3 Å². The fraction of sp³-hybridized carbons (Fsp3) is 0.800. The van der Waals surface area contributed by atoms with Gasteiger partial charge >= 0.3 is 11.9 Å². The lowest BCUT2D eigenvalue weighted by Gasteiger charge is -2.03. The van der Waals surface area contributed by atoms with Crippen molar-refractivity contribution in [3.8, 4) is 0 Å². The molecule has 0 rings (SSSR count). The zero-order chi connectivity index (χ0) is 10.8. The van der Waals surface area contributed by atoms with Crippen LogP contribution in [0.3, 0.4) is 0 Å². The van der Waals surface area contributed by atoms with E-state index in [0.29, 0.717) is 6.54 Å². The van der Waals surface area contributed by atoms with Gasteiger partial charge in [0.2, 0.25) is 0 Å². The van der Waals surface area contributed by atoms with E-state index in [0.717, 1.165) is 25.7 Å². The number of ether oxygens (including phenoxy) is 1. The van der Waals surface area contributed by atoms with Crippen LogP contribution < -0.4 is 5.32 Å². The predicted octanol–water partition coefficient (Wildman–Crippen LogP) is 1.25. The van der Waals surface area contributed by atoms with Gasteiger partial charge in [0.05, 0.1) is 6.61 Å². The summed E-state index contributed by atoms with van der Waals surface area (Å²) in [6.07, 6.45) is 4.32. The highest BCUT2D eigenvalue weighted by atomic mass is 16.5. The zero-order valence-electron chi connectivity index (χ0n) is 8.97. The predicted molar refractivity (Wildman–Crippen MR) is 53.8 cm³/mol. The van der Waals surface area contributed by atoms with E-state index >= 15 is 0 Å². The van der Waals surface area contributed by atoms with Gasteiger partial charge in [-0.2, -0.15) is 0 Å². The molecule has 0 aliphatic rings. The summed E-state index contributed by atoms with van der Waals surface area (Å²) in [5.74, 6) is -1.42. The van der Waals surface area contributed by atoms with Crippen molar-refractivity contribution in [2.75, 3.05) is 13.2 Å². The van der Waals surface area contributed by atoms with Crippen LogP contribution in [0.15, 0.2) is 0 Å². The number of amides is 1. The lowest BCUT2D eigenvalue weighted by Crippen LogP contribution is -2.33. The first kappa shape index (κ1) is 12.9. The molecule has 0 aromatic heterocycles. The molecule has 4 heteroatoms. The molecule has 0 aliphatic heterocycles. The van der Waals surface area contributed by atoms with Gasteiger partial charge < -0.3 is 10.1 Å². The molecule has 0 saturated carbocycles. The van der Waals surface area contributed by atoms with Gasteiger partial charge in [0.15, 0.2) is 0 Å². The standard InChI is InChI=1S/C10H19NO3/c1-3-5-6-7-8-11-9(12)10(13)14-4-2/h3-8H2,1-2H3,(H,11,12). The number of esters is 1. The summed E-state index contributed by atoms with van der Waals surface area (Å²) in [5.41, 5.74) is 0. The van der Waals surface area contributed by atoms with Crippen LogP contribution in [-0.2, 0) is 14.3 Å². The van der Waals surface area contributed by atoms with Crippen molar-refractivity contribution in [1.29, 1.82) is 0 Å². The summed E-state index contributed by atoms with van der Waals surface area (Å²) in [7, 11) is 0. The minimum absolute atomic E-state index is 0.238. The summed E-state index contributed by atoms with van der Waals surface area (Å²) in [5, 5.41) is 2.51. The number of hydrogen-bond donors (Lipinski definition) is 1. The molecule has 0 aliphatic carbocycles. The highest BCUT2D eigenvalue weighted by molar-refractivity contribution is 6.32. The maximum absolute atomic E-state index is 11.0. The van der Waals surface area contributed by atoms with Crippen LogP contribution in [0.5, 0.6) is 0 Å². The fourth-order valence-corrected chi connectivity index (χ4v) is 1.02. The maximum Gasteiger partial charge on any atom is 0.396 e. The van der Waals surface area contributed by atoms with Gasteiger partial charge in [0, 0.05) is 6.54 Å². The Bertz CT molecular complexity index is 180. The minimum Gasteiger partial charge on any atom is -0.459 e. The normalized spacial score (nSPS) is 9.57. The smallest absolute Gasteiger partial charge is 0.396 e. The van der Waals surface area contributed by atoms with Gasteiger partial charge in [-0.15, -0.1) is 0 Å². The van der Waals surface area contributed by atoms with Gasteiger partial charge in [-0.1, -0.05) is 26.2 Å². The first-order valence-electron chi connectivity index (χ1n) is 5.17. The second-order valence-corrected chi connectivity index (χ2v) is 3.04. The van der Waals surface area contributed by atoms with Crippen LogP contribution in [-0.4, -0.2) is 25.0 Å². The highest BCUT2D eigenvalue weighted by Gasteiger charge is 2.12. The van der Waals surface area contributed by atoms with E-state index in [2.05, 4.69) is 17.0 Å². The van der Waals surface area contributed by atoms with Gasteiger partial charge in [0.25, 0.3) is 0 Å². The SMILES string of the molecule is CCCCCCNC(=O)C(=O)OCC. The van der Waals surface area contributed by atoms with Crippen LogP contribution >= 0.6 is 0 Å². The average molecular weight is 201 g/mol. The fourth-order valence-electron chi connectivity index (χ4n) is 1.02. The Morgan fingerprint density at radius 1 is 1.14 bits per heavy atom. The number of unbranched alkanes of at least 4 members (excludes halogenated alkanes) is 3. The second-order valence-electron chi connectivity index (χ2n) is 3.04. The lowest BCUT2D eigenvalue weighted by atomic mass is 10.2. The van der Waals surface area contributed by atoms with Gasteiger partial charge in [-0.05, 0) is 13.3 Å². The molecule has 82 valence electrons. The molecule has 0 aromatic carbocycles. The first-order chi connectivity index (χ1) is 6.72. The van der Waals surface area contributed by atoms with E-state index in [1.54, 1.807) is 6.92 Å². The number of rotatable bonds is 6. The first-order valence-corrected chi connectivity index (χ1v) is 5.17. The average Bonchev–Trinajstić information content (AvgIpc) is 2.17. The van der Waals surface area contributed by atoms with E-state index in [1.165, 1.54) is 0 Å². The van der Waals surface area contributed by atoms with Crippen molar-refractivity contribution in [3.63, 3.8) is 0 Å². The Labute approximate surface area is 85.0 Å². The zero-order valence-corrected chi connectivity index (χ0v) is 8.97. The third-order valence-electron chi connectivity index (χ3n) is 1.78. The third-order valence-corrected chi connectivity index (χ3v) is 1.78. The summed E-state index contributed by atoms with van der Waals surface area (Å²) < 4.78 is 4.53. The van der Waals surface area contributed by atoms with E-state index in [-0.39, 0.29) is 6.61 Å². The summed E-state index contributed by atoms with van der Waals surface area (Å²) in [6.45, 7) is 4.59. The summed E-state index contributed by atoms with van der Waals surface area (Å²) in [4.78, 5) is 21.8. The minimum atomic E-state index is -0.789. The van der Waals surface area contributed by atoms with Crippen LogP contribution in [0.1, 0.15) is 39.5 Å². The maximum atomic E-state index is 11.0.